The summed E-state index contributed by atoms with van der Waals surface area (Å²) < 4.78 is 66.0. The molecule has 1 aliphatic rings. The smallest absolute Gasteiger partial charge is 0.398 e. The number of ether oxygens (including phenoxy) is 2. The molecule has 0 fully saturated rings. The Morgan fingerprint density at radius 1 is 1.22 bits per heavy atom. The van der Waals surface area contributed by atoms with Crippen LogP contribution in [0.3, 0.4) is 0 Å². The molecule has 7 nitrogen and oxygen atoms in total. The number of alkyl halides is 3. The van der Waals surface area contributed by atoms with E-state index in [1.54, 1.807) is 0 Å². The molecule has 0 spiro atoms. The number of hydrogen-bond donors (Lipinski definition) is 2. The van der Waals surface area contributed by atoms with Crippen molar-refractivity contribution in [3.8, 4) is 22.8 Å². The number of nitrogens with one attached hydrogen (secondary N) is 2. The molecular formula is C24H18ClF4N3O4. The summed E-state index contributed by atoms with van der Waals surface area (Å²) in [6, 6.07) is 10.2. The SMILES string of the molecule is COc1ccc(C(CNC(=O)c2ccc3c(c2)NC(=O)CO3)C(F)(F)F)nc1-c1ccc(F)c(Cl)c1. The van der Waals surface area contributed by atoms with Crippen molar-refractivity contribution in [1.82, 2.24) is 10.3 Å². The number of rotatable bonds is 6. The van der Waals surface area contributed by atoms with E-state index < -0.39 is 36.3 Å². The number of anilines is 1. The molecule has 0 saturated heterocycles. The van der Waals surface area contributed by atoms with Gasteiger partial charge in [-0.1, -0.05) is 11.6 Å². The number of carbonyl (C=O) groups excluding carboxylic acids is 2. The lowest BCUT2D eigenvalue weighted by Gasteiger charge is -2.22. The van der Waals surface area contributed by atoms with E-state index in [0.29, 0.717) is 5.75 Å². The standard InChI is InChI=1S/C24H18ClF4N3O4/c1-35-20-7-5-17(32-22(20)12-2-4-16(26)15(25)8-12)14(24(27,28)29)10-30-23(34)13-3-6-19-18(9-13)31-21(33)11-36-19/h2-9,14H,10-11H2,1H3,(H,30,34)(H,31,33). The summed E-state index contributed by atoms with van der Waals surface area (Å²) in [5, 5.41) is 4.57. The summed E-state index contributed by atoms with van der Waals surface area (Å²) >= 11 is 5.83. The maximum atomic E-state index is 14.0. The van der Waals surface area contributed by atoms with E-state index in [0.717, 1.165) is 12.1 Å². The number of hydrogen-bond acceptors (Lipinski definition) is 5. The Balaban J connectivity index is 1.60. The van der Waals surface area contributed by atoms with Gasteiger partial charge in [-0.05, 0) is 48.5 Å². The zero-order chi connectivity index (χ0) is 26.0. The topological polar surface area (TPSA) is 89.6 Å². The zero-order valence-corrected chi connectivity index (χ0v) is 19.3. The number of methoxy groups -OCH3 is 1. The fourth-order valence-corrected chi connectivity index (χ4v) is 3.76. The van der Waals surface area contributed by atoms with Crippen LogP contribution in [0.4, 0.5) is 23.2 Å². The van der Waals surface area contributed by atoms with Crippen LogP contribution < -0.4 is 20.1 Å². The molecule has 0 bridgehead atoms. The Morgan fingerprint density at radius 3 is 2.69 bits per heavy atom. The minimum Gasteiger partial charge on any atom is -0.494 e. The third kappa shape index (κ3) is 5.35. The molecule has 12 heteroatoms. The van der Waals surface area contributed by atoms with Gasteiger partial charge < -0.3 is 20.1 Å². The first kappa shape index (κ1) is 25.2. The highest BCUT2D eigenvalue weighted by atomic mass is 35.5. The number of pyridine rings is 1. The molecular weight excluding hydrogens is 506 g/mol. The summed E-state index contributed by atoms with van der Waals surface area (Å²) in [5.41, 5.74) is 0.173. The van der Waals surface area contributed by atoms with Crippen LogP contribution in [0.1, 0.15) is 22.0 Å². The van der Waals surface area contributed by atoms with Gasteiger partial charge in [0.05, 0.1) is 23.5 Å². The van der Waals surface area contributed by atoms with Gasteiger partial charge in [-0.2, -0.15) is 13.2 Å². The van der Waals surface area contributed by atoms with Crippen molar-refractivity contribution in [3.05, 3.63) is 70.6 Å². The molecule has 0 radical (unpaired) electrons. The lowest BCUT2D eigenvalue weighted by Crippen LogP contribution is -2.35. The lowest BCUT2D eigenvalue weighted by molar-refractivity contribution is -0.149. The molecule has 2 aromatic carbocycles. The van der Waals surface area contributed by atoms with Gasteiger partial charge in [-0.25, -0.2) is 9.37 Å². The summed E-state index contributed by atoms with van der Waals surface area (Å²) in [5.74, 6) is -3.56. The van der Waals surface area contributed by atoms with Crippen molar-refractivity contribution in [2.45, 2.75) is 12.1 Å². The fourth-order valence-electron chi connectivity index (χ4n) is 3.58. The number of halogens is 5. The highest BCUT2D eigenvalue weighted by Crippen LogP contribution is 2.37. The molecule has 1 aromatic heterocycles. The van der Waals surface area contributed by atoms with Crippen molar-refractivity contribution in [1.29, 1.82) is 0 Å². The second kappa shape index (κ2) is 10.0. The average Bonchev–Trinajstić information content (AvgIpc) is 2.84. The molecule has 0 saturated carbocycles. The van der Waals surface area contributed by atoms with Gasteiger partial charge in [-0.3, -0.25) is 9.59 Å². The van der Waals surface area contributed by atoms with Crippen molar-refractivity contribution in [2.24, 2.45) is 0 Å². The quantitative estimate of drug-likeness (QED) is 0.446. The number of benzene rings is 2. The normalized spacial score (nSPS) is 13.8. The molecule has 2 N–H and O–H groups in total. The number of amides is 2. The summed E-state index contributed by atoms with van der Waals surface area (Å²) in [6.07, 6.45) is -4.76. The van der Waals surface area contributed by atoms with Crippen LogP contribution >= 0.6 is 11.6 Å². The highest BCUT2D eigenvalue weighted by molar-refractivity contribution is 6.31. The third-order valence-corrected chi connectivity index (χ3v) is 5.68. The van der Waals surface area contributed by atoms with Crippen LogP contribution in [0.25, 0.3) is 11.3 Å². The Kier molecular flexibility index (Phi) is 7.02. The molecule has 188 valence electrons. The Hall–Kier alpha value is -3.86. The minimum atomic E-state index is -4.76. The molecule has 3 aromatic rings. The molecule has 36 heavy (non-hydrogen) atoms. The second-order valence-electron chi connectivity index (χ2n) is 7.77. The molecule has 1 unspecified atom stereocenters. The van der Waals surface area contributed by atoms with Gasteiger partial charge >= 0.3 is 6.18 Å². The Labute approximate surface area is 207 Å². The van der Waals surface area contributed by atoms with Gasteiger partial charge in [-0.15, -0.1) is 0 Å². The summed E-state index contributed by atoms with van der Waals surface area (Å²) in [6.45, 7) is -0.988. The Morgan fingerprint density at radius 2 is 2.00 bits per heavy atom. The minimum absolute atomic E-state index is 0.0305. The molecule has 2 amide bonds. The van der Waals surface area contributed by atoms with Crippen LogP contribution in [-0.4, -0.2) is 43.2 Å². The maximum absolute atomic E-state index is 14.0. The first-order valence-electron chi connectivity index (χ1n) is 10.5. The molecule has 1 atom stereocenters. The largest absolute Gasteiger partial charge is 0.494 e. The van der Waals surface area contributed by atoms with Crippen molar-refractivity contribution >= 4 is 29.1 Å². The van der Waals surface area contributed by atoms with Crippen LogP contribution in [-0.2, 0) is 4.79 Å². The number of nitrogens with zero attached hydrogens (tertiary/aromatic N) is 1. The van der Waals surface area contributed by atoms with Gasteiger partial charge in [0.2, 0.25) is 0 Å². The predicted molar refractivity (Wildman–Crippen MR) is 123 cm³/mol. The van der Waals surface area contributed by atoms with Crippen LogP contribution in [0, 0.1) is 5.82 Å². The zero-order valence-electron chi connectivity index (χ0n) is 18.6. The van der Waals surface area contributed by atoms with E-state index >= 15 is 0 Å². The highest BCUT2D eigenvalue weighted by Gasteiger charge is 2.42. The van der Waals surface area contributed by atoms with Gasteiger partial charge in [0.15, 0.2) is 6.61 Å². The number of aromatic nitrogens is 1. The molecule has 1 aliphatic heterocycles. The summed E-state index contributed by atoms with van der Waals surface area (Å²) in [4.78, 5) is 28.2. The second-order valence-corrected chi connectivity index (χ2v) is 8.18. The van der Waals surface area contributed by atoms with E-state index in [1.807, 2.05) is 0 Å². The fraction of sp³-hybridized carbons (Fsp3) is 0.208. The summed E-state index contributed by atoms with van der Waals surface area (Å²) in [7, 11) is 1.32. The number of carbonyl (C=O) groups is 2. The van der Waals surface area contributed by atoms with Gasteiger partial charge in [0, 0.05) is 17.7 Å². The van der Waals surface area contributed by atoms with E-state index in [4.69, 9.17) is 21.1 Å². The van der Waals surface area contributed by atoms with Gasteiger partial charge in [0.1, 0.15) is 28.9 Å². The number of fused-ring (bicyclic) bond motifs is 1. The van der Waals surface area contributed by atoms with E-state index in [1.165, 1.54) is 43.5 Å². The predicted octanol–water partition coefficient (Wildman–Crippen LogP) is 4.96. The van der Waals surface area contributed by atoms with E-state index in [-0.39, 0.29) is 45.6 Å². The molecule has 4 rings (SSSR count). The van der Waals surface area contributed by atoms with Crippen LogP contribution in [0.2, 0.25) is 5.02 Å². The van der Waals surface area contributed by atoms with Crippen molar-refractivity contribution < 1.29 is 36.6 Å². The maximum Gasteiger partial charge on any atom is 0.398 e. The first-order chi connectivity index (χ1) is 17.1. The molecule has 0 aliphatic carbocycles. The van der Waals surface area contributed by atoms with Crippen LogP contribution in [0.15, 0.2) is 48.5 Å². The van der Waals surface area contributed by atoms with Gasteiger partial charge in [0.25, 0.3) is 11.8 Å². The third-order valence-electron chi connectivity index (χ3n) is 5.39. The van der Waals surface area contributed by atoms with Crippen LogP contribution in [0.5, 0.6) is 11.5 Å². The average molecular weight is 524 g/mol. The van der Waals surface area contributed by atoms with Crippen molar-refractivity contribution in [3.63, 3.8) is 0 Å². The van der Waals surface area contributed by atoms with Crippen molar-refractivity contribution in [2.75, 3.05) is 25.6 Å². The lowest BCUT2D eigenvalue weighted by atomic mass is 10.0. The van der Waals surface area contributed by atoms with E-state index in [9.17, 15) is 27.2 Å². The molecule has 2 heterocycles. The monoisotopic (exact) mass is 523 g/mol. The first-order valence-corrected chi connectivity index (χ1v) is 10.9. The van der Waals surface area contributed by atoms with E-state index in [2.05, 4.69) is 15.6 Å². The Bertz CT molecular complexity index is 1330.